The first-order valence-corrected chi connectivity index (χ1v) is 9.90. The van der Waals surface area contributed by atoms with Crippen molar-refractivity contribution in [2.75, 3.05) is 10.0 Å². The number of hydrogen-bond acceptors (Lipinski definition) is 3. The number of rotatable bonds is 5. The summed E-state index contributed by atoms with van der Waals surface area (Å²) < 4.78 is 79.2. The van der Waals surface area contributed by atoms with Gasteiger partial charge in [0, 0.05) is 11.3 Å². The van der Waals surface area contributed by atoms with Crippen molar-refractivity contribution in [3.05, 3.63) is 89.7 Å². The third kappa shape index (κ3) is 4.95. The number of carbonyl (C=O) groups excluding carboxylic acids is 1. The van der Waals surface area contributed by atoms with Gasteiger partial charge < -0.3 is 5.32 Å². The molecule has 0 aliphatic carbocycles. The van der Waals surface area contributed by atoms with E-state index in [-0.39, 0.29) is 21.8 Å². The van der Waals surface area contributed by atoms with Crippen LogP contribution < -0.4 is 10.0 Å². The fourth-order valence-electron chi connectivity index (χ4n) is 2.53. The molecule has 2 N–H and O–H groups in total. The van der Waals surface area contributed by atoms with Gasteiger partial charge in [-0.25, -0.2) is 12.8 Å². The third-order valence-corrected chi connectivity index (χ3v) is 5.34. The number of anilines is 2. The van der Waals surface area contributed by atoms with E-state index in [0.29, 0.717) is 0 Å². The normalized spacial score (nSPS) is 11.7. The van der Waals surface area contributed by atoms with Crippen LogP contribution in [0.1, 0.15) is 15.9 Å². The summed E-state index contributed by atoms with van der Waals surface area (Å²) in [5.41, 5.74) is -1.42. The van der Waals surface area contributed by atoms with Crippen LogP contribution in [0.15, 0.2) is 77.7 Å². The third-order valence-electron chi connectivity index (χ3n) is 3.97. The van der Waals surface area contributed by atoms with E-state index in [1.54, 1.807) is 0 Å². The minimum atomic E-state index is -4.58. The van der Waals surface area contributed by atoms with E-state index in [4.69, 9.17) is 0 Å². The maximum Gasteiger partial charge on any atom is 0.416 e. The monoisotopic (exact) mass is 438 g/mol. The average molecular weight is 438 g/mol. The number of carbonyl (C=O) groups is 1. The van der Waals surface area contributed by atoms with Crippen LogP contribution in [0.2, 0.25) is 0 Å². The van der Waals surface area contributed by atoms with E-state index >= 15 is 0 Å². The van der Waals surface area contributed by atoms with Crippen molar-refractivity contribution in [1.82, 2.24) is 0 Å². The lowest BCUT2D eigenvalue weighted by Gasteiger charge is -2.11. The van der Waals surface area contributed by atoms with Crippen molar-refractivity contribution in [2.24, 2.45) is 0 Å². The number of amides is 1. The molecule has 0 radical (unpaired) electrons. The summed E-state index contributed by atoms with van der Waals surface area (Å²) in [6.07, 6.45) is -4.58. The van der Waals surface area contributed by atoms with E-state index in [0.717, 1.165) is 30.3 Å². The van der Waals surface area contributed by atoms with Gasteiger partial charge >= 0.3 is 6.18 Å². The zero-order valence-electron chi connectivity index (χ0n) is 15.1. The number of para-hydroxylation sites is 1. The summed E-state index contributed by atoms with van der Waals surface area (Å²) in [6.45, 7) is 0. The lowest BCUT2D eigenvalue weighted by Crippen LogP contribution is -2.16. The maximum atomic E-state index is 13.7. The summed E-state index contributed by atoms with van der Waals surface area (Å²) in [7, 11) is -4.21. The smallest absolute Gasteiger partial charge is 0.322 e. The van der Waals surface area contributed by atoms with Crippen molar-refractivity contribution in [3.8, 4) is 0 Å². The highest BCUT2D eigenvalue weighted by Crippen LogP contribution is 2.30. The molecule has 1 amide bonds. The largest absolute Gasteiger partial charge is 0.416 e. The molecule has 3 aromatic rings. The van der Waals surface area contributed by atoms with Crippen LogP contribution in [0.3, 0.4) is 0 Å². The minimum absolute atomic E-state index is 0.104. The second kappa shape index (κ2) is 8.15. The molecule has 0 saturated heterocycles. The molecule has 3 aromatic carbocycles. The topological polar surface area (TPSA) is 75.3 Å². The highest BCUT2D eigenvalue weighted by Gasteiger charge is 2.30. The SMILES string of the molecule is O=C(Nc1cccc(C(F)(F)F)c1)c1cccc(S(=O)(=O)Nc2ccccc2F)c1. The molecule has 0 saturated carbocycles. The quantitative estimate of drug-likeness (QED) is 0.557. The second-order valence-corrected chi connectivity index (χ2v) is 7.83. The number of sulfonamides is 1. The van der Waals surface area contributed by atoms with Gasteiger partial charge in [0.15, 0.2) is 0 Å². The molecule has 0 fully saturated rings. The molecule has 0 aromatic heterocycles. The molecule has 5 nitrogen and oxygen atoms in total. The van der Waals surface area contributed by atoms with Gasteiger partial charge in [-0.05, 0) is 48.5 Å². The number of alkyl halides is 3. The highest BCUT2D eigenvalue weighted by atomic mass is 32.2. The Morgan fingerprint density at radius 1 is 0.867 bits per heavy atom. The van der Waals surface area contributed by atoms with Crippen LogP contribution in [-0.4, -0.2) is 14.3 Å². The van der Waals surface area contributed by atoms with Crippen molar-refractivity contribution in [2.45, 2.75) is 11.1 Å². The first kappa shape index (κ1) is 21.3. The Balaban J connectivity index is 1.83. The number of hydrogen-bond donors (Lipinski definition) is 2. The molecule has 0 bridgehead atoms. The van der Waals surface area contributed by atoms with Crippen molar-refractivity contribution < 1.29 is 30.8 Å². The Hall–Kier alpha value is -3.40. The standard InChI is InChI=1S/C20H14F4N2O3S/c21-17-9-1-2-10-18(17)26-30(28,29)16-8-3-5-13(11-16)19(27)25-15-7-4-6-14(12-15)20(22,23)24/h1-12,26H,(H,25,27). The molecular formula is C20H14F4N2O3S. The zero-order chi connectivity index (χ0) is 21.9. The van der Waals surface area contributed by atoms with E-state index in [1.165, 1.54) is 42.5 Å². The van der Waals surface area contributed by atoms with Gasteiger partial charge in [-0.2, -0.15) is 13.2 Å². The first-order chi connectivity index (χ1) is 14.1. The van der Waals surface area contributed by atoms with Crippen molar-refractivity contribution in [1.29, 1.82) is 0 Å². The molecule has 0 unspecified atom stereocenters. The van der Waals surface area contributed by atoms with E-state index in [2.05, 4.69) is 10.0 Å². The molecule has 156 valence electrons. The predicted octanol–water partition coefficient (Wildman–Crippen LogP) is 4.90. The van der Waals surface area contributed by atoms with Gasteiger partial charge in [-0.3, -0.25) is 9.52 Å². The summed E-state index contributed by atoms with van der Waals surface area (Å²) in [5, 5.41) is 2.29. The summed E-state index contributed by atoms with van der Waals surface area (Å²) in [6, 6.07) is 14.0. The molecule has 30 heavy (non-hydrogen) atoms. The first-order valence-electron chi connectivity index (χ1n) is 8.42. The zero-order valence-corrected chi connectivity index (χ0v) is 15.9. The van der Waals surface area contributed by atoms with Crippen LogP contribution >= 0.6 is 0 Å². The Labute approximate surface area is 169 Å². The lowest BCUT2D eigenvalue weighted by molar-refractivity contribution is -0.137. The molecule has 0 aliphatic rings. The van der Waals surface area contributed by atoms with Gasteiger partial charge in [-0.15, -0.1) is 0 Å². The van der Waals surface area contributed by atoms with Crippen LogP contribution in [0.5, 0.6) is 0 Å². The Morgan fingerprint density at radius 2 is 1.57 bits per heavy atom. The van der Waals surface area contributed by atoms with Crippen LogP contribution in [0, 0.1) is 5.82 Å². The van der Waals surface area contributed by atoms with Crippen LogP contribution in [0.25, 0.3) is 0 Å². The lowest BCUT2D eigenvalue weighted by atomic mass is 10.1. The van der Waals surface area contributed by atoms with E-state index in [9.17, 15) is 30.8 Å². The van der Waals surface area contributed by atoms with Gasteiger partial charge in [0.2, 0.25) is 0 Å². The predicted molar refractivity (Wildman–Crippen MR) is 103 cm³/mol. The highest BCUT2D eigenvalue weighted by molar-refractivity contribution is 7.92. The molecule has 0 heterocycles. The van der Waals surface area contributed by atoms with Gasteiger partial charge in [0.05, 0.1) is 16.1 Å². The summed E-state index contributed by atoms with van der Waals surface area (Å²) in [4.78, 5) is 12.1. The molecule has 3 rings (SSSR count). The molecule has 0 aliphatic heterocycles. The average Bonchev–Trinajstić information content (AvgIpc) is 2.69. The number of nitrogens with one attached hydrogen (secondary N) is 2. The fourth-order valence-corrected chi connectivity index (χ4v) is 3.64. The van der Waals surface area contributed by atoms with Crippen molar-refractivity contribution in [3.63, 3.8) is 0 Å². The number of halogens is 4. The summed E-state index contributed by atoms with van der Waals surface area (Å²) in [5.74, 6) is -1.59. The van der Waals surface area contributed by atoms with Crippen molar-refractivity contribution >= 4 is 27.3 Å². The Bertz CT molecular complexity index is 1190. The molecular weight excluding hydrogens is 424 g/mol. The number of benzene rings is 3. The van der Waals surface area contributed by atoms with Gasteiger partial charge in [-0.1, -0.05) is 24.3 Å². The molecule has 0 atom stereocenters. The van der Waals surface area contributed by atoms with Crippen LogP contribution in [-0.2, 0) is 16.2 Å². The van der Waals surface area contributed by atoms with Gasteiger partial charge in [0.25, 0.3) is 15.9 Å². The minimum Gasteiger partial charge on any atom is -0.322 e. The second-order valence-electron chi connectivity index (χ2n) is 6.15. The van der Waals surface area contributed by atoms with Gasteiger partial charge in [0.1, 0.15) is 5.82 Å². The summed E-state index contributed by atoms with van der Waals surface area (Å²) >= 11 is 0. The Kier molecular flexibility index (Phi) is 5.79. The van der Waals surface area contributed by atoms with E-state index < -0.39 is 33.5 Å². The van der Waals surface area contributed by atoms with E-state index in [1.807, 2.05) is 0 Å². The maximum absolute atomic E-state index is 13.7. The molecule has 10 heteroatoms. The molecule has 0 spiro atoms. The van der Waals surface area contributed by atoms with Crippen LogP contribution in [0.4, 0.5) is 28.9 Å². The Morgan fingerprint density at radius 3 is 2.27 bits per heavy atom. The fraction of sp³-hybridized carbons (Fsp3) is 0.0500.